The van der Waals surface area contributed by atoms with Crippen LogP contribution < -0.4 is 10.6 Å². The highest BCUT2D eigenvalue weighted by Gasteiger charge is 2.24. The van der Waals surface area contributed by atoms with Gasteiger partial charge in [0.25, 0.3) is 0 Å². The second-order valence-electron chi connectivity index (χ2n) is 5.78. The molecule has 0 saturated carbocycles. The Morgan fingerprint density at radius 3 is 2.89 bits per heavy atom. The van der Waals surface area contributed by atoms with Crippen molar-refractivity contribution in [3.05, 3.63) is 30.5 Å². The number of rotatable bonds is 1. The summed E-state index contributed by atoms with van der Waals surface area (Å²) in [6.07, 6.45) is 4.42. The first-order valence-electron chi connectivity index (χ1n) is 7.06. The lowest BCUT2D eigenvalue weighted by atomic mass is 9.92. The quantitative estimate of drug-likeness (QED) is 0.794. The molecule has 0 radical (unpaired) electrons. The molecule has 0 spiro atoms. The first-order valence-corrected chi connectivity index (χ1v) is 7.06. The summed E-state index contributed by atoms with van der Waals surface area (Å²) in [6, 6.07) is 8.73. The molecule has 3 nitrogen and oxygen atoms in total. The van der Waals surface area contributed by atoms with Crippen LogP contribution in [0.3, 0.4) is 0 Å². The summed E-state index contributed by atoms with van der Waals surface area (Å²) in [4.78, 5) is 6.94. The van der Waals surface area contributed by atoms with Crippen LogP contribution in [0.1, 0.15) is 26.7 Å². The van der Waals surface area contributed by atoms with E-state index in [1.807, 2.05) is 18.3 Å². The molecule has 100 valence electrons. The summed E-state index contributed by atoms with van der Waals surface area (Å²) in [5.41, 5.74) is 8.90. The Morgan fingerprint density at radius 2 is 2.11 bits per heavy atom. The number of pyridine rings is 1. The lowest BCUT2D eigenvalue weighted by molar-refractivity contribution is 0.378. The van der Waals surface area contributed by atoms with Crippen LogP contribution >= 0.6 is 0 Å². The summed E-state index contributed by atoms with van der Waals surface area (Å²) in [7, 11) is 0. The van der Waals surface area contributed by atoms with Crippen LogP contribution in [0.25, 0.3) is 10.9 Å². The molecule has 19 heavy (non-hydrogen) atoms. The maximum Gasteiger partial charge on any atom is 0.0743 e. The molecule has 3 rings (SSSR count). The number of nitrogen functional groups attached to an aromatic ring is 1. The highest BCUT2D eigenvalue weighted by atomic mass is 15.2. The molecular weight excluding hydrogens is 234 g/mol. The van der Waals surface area contributed by atoms with Gasteiger partial charge in [0.2, 0.25) is 0 Å². The molecule has 1 aromatic carbocycles. The number of anilines is 2. The standard InChI is InChI=1S/C16H21N3/c1-11-6-8-19(12(2)9-11)16-5-7-18-15-10-13(17)3-4-14(15)16/h3-5,7,10-12H,6,8-9,17H2,1-2H3. The van der Waals surface area contributed by atoms with Gasteiger partial charge in [-0.25, -0.2) is 0 Å². The minimum Gasteiger partial charge on any atom is -0.399 e. The summed E-state index contributed by atoms with van der Waals surface area (Å²) in [6.45, 7) is 5.80. The van der Waals surface area contributed by atoms with Crippen molar-refractivity contribution < 1.29 is 0 Å². The predicted octanol–water partition coefficient (Wildman–Crippen LogP) is 3.44. The molecule has 2 atom stereocenters. The van der Waals surface area contributed by atoms with Crippen LogP contribution in [0.5, 0.6) is 0 Å². The summed E-state index contributed by atoms with van der Waals surface area (Å²) in [5.74, 6) is 0.829. The van der Waals surface area contributed by atoms with E-state index in [-0.39, 0.29) is 0 Å². The largest absolute Gasteiger partial charge is 0.399 e. The third kappa shape index (κ3) is 2.25. The molecule has 1 aliphatic heterocycles. The third-order valence-electron chi connectivity index (χ3n) is 4.19. The number of hydrogen-bond donors (Lipinski definition) is 1. The van der Waals surface area contributed by atoms with Gasteiger partial charge in [-0.05, 0) is 49.9 Å². The number of nitrogens with two attached hydrogens (primary N) is 1. The van der Waals surface area contributed by atoms with Gasteiger partial charge in [-0.15, -0.1) is 0 Å². The minimum atomic E-state index is 0.590. The highest BCUT2D eigenvalue weighted by Crippen LogP contribution is 2.32. The van der Waals surface area contributed by atoms with E-state index >= 15 is 0 Å². The Hall–Kier alpha value is -1.77. The molecule has 1 aromatic heterocycles. The van der Waals surface area contributed by atoms with Crippen molar-refractivity contribution in [1.82, 2.24) is 4.98 Å². The predicted molar refractivity (Wildman–Crippen MR) is 81.4 cm³/mol. The van der Waals surface area contributed by atoms with Gasteiger partial charge in [0.1, 0.15) is 0 Å². The molecule has 3 heteroatoms. The maximum absolute atomic E-state index is 5.84. The van der Waals surface area contributed by atoms with Crippen LogP contribution in [-0.4, -0.2) is 17.6 Å². The van der Waals surface area contributed by atoms with Crippen LogP contribution in [0.15, 0.2) is 30.5 Å². The van der Waals surface area contributed by atoms with Crippen LogP contribution in [0.4, 0.5) is 11.4 Å². The van der Waals surface area contributed by atoms with Gasteiger partial charge in [0, 0.05) is 35.5 Å². The van der Waals surface area contributed by atoms with Crippen LogP contribution in [0.2, 0.25) is 0 Å². The molecule has 0 aliphatic carbocycles. The van der Waals surface area contributed by atoms with E-state index in [0.29, 0.717) is 6.04 Å². The molecule has 2 N–H and O–H groups in total. The van der Waals surface area contributed by atoms with Gasteiger partial charge in [-0.2, -0.15) is 0 Å². The maximum atomic E-state index is 5.84. The molecule has 2 unspecified atom stereocenters. The van der Waals surface area contributed by atoms with E-state index in [4.69, 9.17) is 5.73 Å². The Bertz CT molecular complexity index is 594. The number of aromatic nitrogens is 1. The average Bonchev–Trinajstić information content (AvgIpc) is 2.38. The molecule has 0 amide bonds. The van der Waals surface area contributed by atoms with E-state index in [1.165, 1.54) is 23.9 Å². The molecule has 1 saturated heterocycles. The Labute approximate surface area is 114 Å². The van der Waals surface area contributed by atoms with E-state index < -0.39 is 0 Å². The lowest BCUT2D eigenvalue weighted by Crippen LogP contribution is -2.40. The van der Waals surface area contributed by atoms with E-state index in [0.717, 1.165) is 23.7 Å². The van der Waals surface area contributed by atoms with Crippen LogP contribution in [-0.2, 0) is 0 Å². The summed E-state index contributed by atoms with van der Waals surface area (Å²) in [5, 5.41) is 1.21. The highest BCUT2D eigenvalue weighted by molar-refractivity contribution is 5.93. The molecule has 1 aliphatic rings. The molecule has 2 aromatic rings. The van der Waals surface area contributed by atoms with Gasteiger partial charge in [0.05, 0.1) is 5.52 Å². The number of hydrogen-bond acceptors (Lipinski definition) is 3. The fourth-order valence-corrected chi connectivity index (χ4v) is 3.17. The zero-order chi connectivity index (χ0) is 13.4. The molecule has 1 fully saturated rings. The molecule has 2 heterocycles. The third-order valence-corrected chi connectivity index (χ3v) is 4.19. The fourth-order valence-electron chi connectivity index (χ4n) is 3.17. The summed E-state index contributed by atoms with van der Waals surface area (Å²) < 4.78 is 0. The van der Waals surface area contributed by atoms with Crippen molar-refractivity contribution in [2.45, 2.75) is 32.7 Å². The minimum absolute atomic E-state index is 0.590. The van der Waals surface area contributed by atoms with Crippen molar-refractivity contribution in [2.24, 2.45) is 5.92 Å². The zero-order valence-corrected chi connectivity index (χ0v) is 11.6. The normalized spacial score (nSPS) is 23.8. The monoisotopic (exact) mass is 255 g/mol. The van der Waals surface area contributed by atoms with Crippen molar-refractivity contribution in [3.8, 4) is 0 Å². The first-order chi connectivity index (χ1) is 9.15. The fraction of sp³-hybridized carbons (Fsp3) is 0.438. The number of nitrogens with zero attached hydrogens (tertiary/aromatic N) is 2. The first kappa shape index (κ1) is 12.3. The van der Waals surface area contributed by atoms with E-state index in [9.17, 15) is 0 Å². The van der Waals surface area contributed by atoms with Crippen molar-refractivity contribution >= 4 is 22.3 Å². The van der Waals surface area contributed by atoms with Crippen molar-refractivity contribution in [1.29, 1.82) is 0 Å². The smallest absolute Gasteiger partial charge is 0.0743 e. The van der Waals surface area contributed by atoms with Gasteiger partial charge < -0.3 is 10.6 Å². The lowest BCUT2D eigenvalue weighted by Gasteiger charge is -2.38. The van der Waals surface area contributed by atoms with E-state index in [2.05, 4.69) is 35.9 Å². The van der Waals surface area contributed by atoms with Crippen molar-refractivity contribution in [2.75, 3.05) is 17.2 Å². The van der Waals surface area contributed by atoms with Gasteiger partial charge in [-0.3, -0.25) is 4.98 Å². The van der Waals surface area contributed by atoms with Gasteiger partial charge in [0.15, 0.2) is 0 Å². The summed E-state index contributed by atoms with van der Waals surface area (Å²) >= 11 is 0. The van der Waals surface area contributed by atoms with E-state index in [1.54, 1.807) is 0 Å². The Morgan fingerprint density at radius 1 is 1.26 bits per heavy atom. The SMILES string of the molecule is CC1CCN(c2ccnc3cc(N)ccc23)C(C)C1. The van der Waals surface area contributed by atoms with Gasteiger partial charge in [-0.1, -0.05) is 6.92 Å². The average molecular weight is 255 g/mol. The number of benzene rings is 1. The Kier molecular flexibility index (Phi) is 3.05. The topological polar surface area (TPSA) is 42.2 Å². The second kappa shape index (κ2) is 4.72. The number of piperidine rings is 1. The molecular formula is C16H21N3. The molecule has 0 bridgehead atoms. The zero-order valence-electron chi connectivity index (χ0n) is 11.6. The second-order valence-corrected chi connectivity index (χ2v) is 5.78. The number of fused-ring (bicyclic) bond motifs is 1. The Balaban J connectivity index is 2.05. The van der Waals surface area contributed by atoms with Gasteiger partial charge >= 0.3 is 0 Å². The van der Waals surface area contributed by atoms with Crippen molar-refractivity contribution in [3.63, 3.8) is 0 Å². The van der Waals surface area contributed by atoms with Crippen LogP contribution in [0, 0.1) is 5.92 Å².